The minimum atomic E-state index is 0.0537. The summed E-state index contributed by atoms with van der Waals surface area (Å²) < 4.78 is 1.65. The van der Waals surface area contributed by atoms with E-state index in [9.17, 15) is 4.79 Å². The number of H-pyrrole nitrogens is 1. The Bertz CT molecular complexity index is 1100. The molecule has 0 saturated heterocycles. The molecule has 0 aliphatic carbocycles. The van der Waals surface area contributed by atoms with Crippen molar-refractivity contribution in [3.8, 4) is 5.69 Å². The molecule has 4 aromatic rings. The number of fused-ring (bicyclic) bond motifs is 1. The van der Waals surface area contributed by atoms with Crippen LogP contribution in [0.2, 0.25) is 0 Å². The molecule has 0 radical (unpaired) electrons. The van der Waals surface area contributed by atoms with Crippen LogP contribution in [0.25, 0.3) is 16.6 Å². The lowest BCUT2D eigenvalue weighted by molar-refractivity contribution is 0.102. The maximum atomic E-state index is 12.8. The first-order chi connectivity index (χ1) is 13.2. The highest BCUT2D eigenvalue weighted by Gasteiger charge is 2.16. The van der Waals surface area contributed by atoms with Gasteiger partial charge in [-0.25, -0.2) is 0 Å². The molecule has 6 nitrogen and oxygen atoms in total. The summed E-state index contributed by atoms with van der Waals surface area (Å²) in [7, 11) is 0. The zero-order valence-corrected chi connectivity index (χ0v) is 16.0. The number of ketones is 1. The summed E-state index contributed by atoms with van der Waals surface area (Å²) in [6, 6.07) is 14.0. The van der Waals surface area contributed by atoms with Gasteiger partial charge in [-0.2, -0.15) is 4.68 Å². The number of carbonyl (C=O) groups is 1. The molecule has 136 valence electrons. The van der Waals surface area contributed by atoms with Crippen LogP contribution in [0.3, 0.4) is 0 Å². The van der Waals surface area contributed by atoms with Gasteiger partial charge >= 0.3 is 0 Å². The first-order valence-electron chi connectivity index (χ1n) is 8.77. The fraction of sp³-hybridized carbons (Fsp3) is 0.200. The first-order valence-corrected chi connectivity index (χ1v) is 9.76. The van der Waals surface area contributed by atoms with Crippen LogP contribution in [-0.2, 0) is 6.42 Å². The molecule has 0 aliphatic rings. The normalized spacial score (nSPS) is 11.2. The predicted molar refractivity (Wildman–Crippen MR) is 107 cm³/mol. The second-order valence-corrected chi connectivity index (χ2v) is 7.26. The summed E-state index contributed by atoms with van der Waals surface area (Å²) in [5.41, 5.74) is 5.00. The van der Waals surface area contributed by atoms with E-state index in [0.717, 1.165) is 23.0 Å². The third-order valence-corrected chi connectivity index (χ3v) is 5.45. The molecule has 0 amide bonds. The molecule has 0 aliphatic heterocycles. The minimum absolute atomic E-state index is 0.0537. The van der Waals surface area contributed by atoms with Crippen LogP contribution in [0.15, 0.2) is 53.8 Å². The van der Waals surface area contributed by atoms with E-state index >= 15 is 0 Å². The van der Waals surface area contributed by atoms with Gasteiger partial charge in [0.2, 0.25) is 5.16 Å². The van der Waals surface area contributed by atoms with E-state index in [1.54, 1.807) is 10.9 Å². The molecule has 2 aromatic heterocycles. The SMILES string of the molecule is CCc1cccc2c(C(=O)CSc3nnnn3-c3ccc(C)cc3)c[nH]c12. The minimum Gasteiger partial charge on any atom is -0.360 e. The zero-order chi connectivity index (χ0) is 18.8. The highest BCUT2D eigenvalue weighted by Crippen LogP contribution is 2.25. The molecule has 2 heterocycles. The van der Waals surface area contributed by atoms with Gasteiger partial charge in [0.15, 0.2) is 5.78 Å². The number of Topliss-reactive ketones (excluding diaryl/α,β-unsaturated/α-hetero) is 1. The van der Waals surface area contributed by atoms with Crippen molar-refractivity contribution in [2.24, 2.45) is 0 Å². The molecule has 0 spiro atoms. The third-order valence-electron chi connectivity index (χ3n) is 4.53. The summed E-state index contributed by atoms with van der Waals surface area (Å²) in [4.78, 5) is 16.0. The fourth-order valence-electron chi connectivity index (χ4n) is 3.07. The zero-order valence-electron chi connectivity index (χ0n) is 15.1. The molecule has 0 atom stereocenters. The molecule has 0 bridgehead atoms. The molecule has 27 heavy (non-hydrogen) atoms. The largest absolute Gasteiger partial charge is 0.360 e. The van der Waals surface area contributed by atoms with Crippen molar-refractivity contribution < 1.29 is 4.79 Å². The van der Waals surface area contributed by atoms with Gasteiger partial charge in [0.25, 0.3) is 0 Å². The van der Waals surface area contributed by atoms with Gasteiger partial charge < -0.3 is 4.98 Å². The summed E-state index contributed by atoms with van der Waals surface area (Å²) in [6.45, 7) is 4.14. The van der Waals surface area contributed by atoms with Crippen molar-refractivity contribution in [3.63, 3.8) is 0 Å². The maximum absolute atomic E-state index is 12.8. The van der Waals surface area contributed by atoms with Gasteiger partial charge in [-0.15, -0.1) is 5.10 Å². The van der Waals surface area contributed by atoms with Crippen LogP contribution in [0.4, 0.5) is 0 Å². The molecule has 0 saturated carbocycles. The van der Waals surface area contributed by atoms with Gasteiger partial charge in [-0.3, -0.25) is 4.79 Å². The Hall–Kier alpha value is -2.93. The number of thioether (sulfide) groups is 1. The van der Waals surface area contributed by atoms with E-state index in [1.807, 2.05) is 43.3 Å². The molecule has 4 rings (SSSR count). The van der Waals surface area contributed by atoms with Crippen molar-refractivity contribution in [1.82, 2.24) is 25.2 Å². The number of aromatic amines is 1. The standard InChI is InChI=1S/C20H19N5OS/c1-3-14-5-4-6-16-17(11-21-19(14)16)18(26)12-27-20-22-23-24-25(20)15-9-7-13(2)8-10-15/h4-11,21H,3,12H2,1-2H3. The molecule has 2 aromatic carbocycles. The lowest BCUT2D eigenvalue weighted by Gasteiger charge is -2.04. The molecule has 0 fully saturated rings. The van der Waals surface area contributed by atoms with E-state index in [-0.39, 0.29) is 11.5 Å². The summed E-state index contributed by atoms with van der Waals surface area (Å²) in [6.07, 6.45) is 2.72. The summed E-state index contributed by atoms with van der Waals surface area (Å²) >= 11 is 1.34. The number of benzene rings is 2. The van der Waals surface area contributed by atoms with Crippen molar-refractivity contribution in [2.45, 2.75) is 25.4 Å². The Kier molecular flexibility index (Phi) is 4.77. The Morgan fingerprint density at radius 2 is 2.00 bits per heavy atom. The van der Waals surface area contributed by atoms with E-state index < -0.39 is 0 Å². The summed E-state index contributed by atoms with van der Waals surface area (Å²) in [5, 5.41) is 13.4. The molecule has 7 heteroatoms. The summed E-state index contributed by atoms with van der Waals surface area (Å²) in [5.74, 6) is 0.327. The second kappa shape index (κ2) is 7.36. The Morgan fingerprint density at radius 3 is 2.78 bits per heavy atom. The Labute approximate surface area is 161 Å². The third kappa shape index (κ3) is 3.38. The van der Waals surface area contributed by atoms with Crippen molar-refractivity contribution in [3.05, 3.63) is 65.4 Å². The average Bonchev–Trinajstić information content (AvgIpc) is 3.33. The van der Waals surface area contributed by atoms with Crippen LogP contribution < -0.4 is 0 Å². The average molecular weight is 377 g/mol. The number of aromatic nitrogens is 5. The number of rotatable bonds is 6. The van der Waals surface area contributed by atoms with Crippen molar-refractivity contribution >= 4 is 28.4 Å². The van der Waals surface area contributed by atoms with Gasteiger partial charge in [-0.05, 0) is 41.5 Å². The van der Waals surface area contributed by atoms with Crippen LogP contribution in [0, 0.1) is 6.92 Å². The molecule has 1 N–H and O–H groups in total. The number of nitrogens with zero attached hydrogens (tertiary/aromatic N) is 4. The van der Waals surface area contributed by atoms with Crippen LogP contribution in [-0.4, -0.2) is 36.7 Å². The van der Waals surface area contributed by atoms with E-state index in [4.69, 9.17) is 0 Å². The highest BCUT2D eigenvalue weighted by atomic mass is 32.2. The van der Waals surface area contributed by atoms with Crippen LogP contribution >= 0.6 is 11.8 Å². The van der Waals surface area contributed by atoms with Crippen LogP contribution in [0.1, 0.15) is 28.4 Å². The van der Waals surface area contributed by atoms with E-state index in [0.29, 0.717) is 10.7 Å². The highest BCUT2D eigenvalue weighted by molar-refractivity contribution is 7.99. The number of hydrogen-bond acceptors (Lipinski definition) is 5. The first kappa shape index (κ1) is 17.5. The quantitative estimate of drug-likeness (QED) is 0.406. The second-order valence-electron chi connectivity index (χ2n) is 6.32. The number of hydrogen-bond donors (Lipinski definition) is 1. The van der Waals surface area contributed by atoms with E-state index in [2.05, 4.69) is 33.5 Å². The van der Waals surface area contributed by atoms with E-state index in [1.165, 1.54) is 22.9 Å². The lowest BCUT2D eigenvalue weighted by atomic mass is 10.1. The Morgan fingerprint density at radius 1 is 1.19 bits per heavy atom. The maximum Gasteiger partial charge on any atom is 0.214 e. The van der Waals surface area contributed by atoms with Crippen LogP contribution in [0.5, 0.6) is 0 Å². The monoisotopic (exact) mass is 377 g/mol. The fourth-order valence-corrected chi connectivity index (χ4v) is 3.84. The van der Waals surface area contributed by atoms with Gasteiger partial charge in [0.1, 0.15) is 0 Å². The number of para-hydroxylation sites is 1. The topological polar surface area (TPSA) is 76.5 Å². The number of carbonyl (C=O) groups excluding carboxylic acids is 1. The van der Waals surface area contributed by atoms with Gasteiger partial charge in [0, 0.05) is 22.7 Å². The lowest BCUT2D eigenvalue weighted by Crippen LogP contribution is -2.04. The smallest absolute Gasteiger partial charge is 0.214 e. The van der Waals surface area contributed by atoms with Crippen molar-refractivity contribution in [2.75, 3.05) is 5.75 Å². The molecular formula is C20H19N5OS. The Balaban J connectivity index is 1.54. The molecule has 0 unspecified atom stereocenters. The number of aryl methyl sites for hydroxylation is 2. The predicted octanol–water partition coefficient (Wildman–Crippen LogP) is 3.99. The number of tetrazole rings is 1. The van der Waals surface area contributed by atoms with Gasteiger partial charge in [0.05, 0.1) is 11.4 Å². The molecular weight excluding hydrogens is 358 g/mol. The van der Waals surface area contributed by atoms with Gasteiger partial charge in [-0.1, -0.05) is 54.6 Å². The number of nitrogens with one attached hydrogen (secondary N) is 1. The van der Waals surface area contributed by atoms with Crippen molar-refractivity contribution in [1.29, 1.82) is 0 Å².